The van der Waals surface area contributed by atoms with E-state index in [4.69, 9.17) is 15.0 Å². The normalized spacial score (nSPS) is 21.0. The Morgan fingerprint density at radius 2 is 1.58 bits per heavy atom. The molecular formula is C20H38FN3O2. The molecule has 1 unspecified atom stereocenters. The summed E-state index contributed by atoms with van der Waals surface area (Å²) in [6.45, 7) is 9.11. The third-order valence-corrected chi connectivity index (χ3v) is 5.89. The molecule has 0 amide bonds. The van der Waals surface area contributed by atoms with Crippen molar-refractivity contribution in [2.75, 3.05) is 19.8 Å². The molecule has 1 saturated carbocycles. The summed E-state index contributed by atoms with van der Waals surface area (Å²) in [6, 6.07) is 0. The van der Waals surface area contributed by atoms with Gasteiger partial charge in [-0.3, -0.25) is 0 Å². The molecule has 0 spiro atoms. The number of hydrogen-bond donors (Lipinski definition) is 0. The topological polar surface area (TPSA) is 67.2 Å². The van der Waals surface area contributed by atoms with Gasteiger partial charge in [0.05, 0.1) is 24.4 Å². The van der Waals surface area contributed by atoms with Gasteiger partial charge in [0.15, 0.2) is 0 Å². The Morgan fingerprint density at radius 3 is 2.12 bits per heavy atom. The Kier molecular flexibility index (Phi) is 9.91. The zero-order chi connectivity index (χ0) is 19.5. The van der Waals surface area contributed by atoms with Crippen LogP contribution >= 0.6 is 0 Å². The number of azide groups is 1. The molecule has 0 N–H and O–H groups in total. The van der Waals surface area contributed by atoms with Crippen LogP contribution in [-0.2, 0) is 9.47 Å². The van der Waals surface area contributed by atoms with Crippen molar-refractivity contribution in [1.82, 2.24) is 0 Å². The summed E-state index contributed by atoms with van der Waals surface area (Å²) < 4.78 is 27.9. The largest absolute Gasteiger partial charge is 0.375 e. The first-order valence-electron chi connectivity index (χ1n) is 10.3. The second kappa shape index (κ2) is 11.1. The van der Waals surface area contributed by atoms with Crippen molar-refractivity contribution in [3.8, 4) is 0 Å². The third-order valence-electron chi connectivity index (χ3n) is 5.89. The van der Waals surface area contributed by atoms with Crippen LogP contribution in [0.5, 0.6) is 0 Å². The summed E-state index contributed by atoms with van der Waals surface area (Å²) in [5, 5.41) is 3.48. The maximum atomic E-state index is 15.9. The number of hydrogen-bond acceptors (Lipinski definition) is 3. The number of nitrogens with zero attached hydrogens (tertiary/aromatic N) is 3. The lowest BCUT2D eigenvalue weighted by atomic mass is 9.77. The number of ether oxygens (including phenoxy) is 2. The van der Waals surface area contributed by atoms with Crippen LogP contribution < -0.4 is 0 Å². The molecule has 1 rings (SSSR count). The van der Waals surface area contributed by atoms with Gasteiger partial charge < -0.3 is 9.47 Å². The molecule has 0 saturated heterocycles. The lowest BCUT2D eigenvalue weighted by Crippen LogP contribution is -2.51. The van der Waals surface area contributed by atoms with E-state index in [1.807, 2.05) is 27.7 Å². The van der Waals surface area contributed by atoms with Crippen molar-refractivity contribution >= 4 is 0 Å². The molecule has 0 aromatic carbocycles. The van der Waals surface area contributed by atoms with Gasteiger partial charge in [-0.15, -0.1) is 0 Å². The van der Waals surface area contributed by atoms with E-state index in [1.54, 1.807) is 0 Å². The van der Waals surface area contributed by atoms with Gasteiger partial charge in [0.1, 0.15) is 5.67 Å². The molecule has 1 atom stereocenters. The molecule has 0 aromatic heterocycles. The molecular weight excluding hydrogens is 333 g/mol. The minimum Gasteiger partial charge on any atom is -0.375 e. The summed E-state index contributed by atoms with van der Waals surface area (Å²) in [7, 11) is 0. The van der Waals surface area contributed by atoms with E-state index in [0.717, 1.165) is 25.7 Å². The van der Waals surface area contributed by atoms with E-state index in [1.165, 1.54) is 12.8 Å². The number of rotatable bonds is 10. The van der Waals surface area contributed by atoms with Crippen molar-refractivity contribution < 1.29 is 13.9 Å². The SMILES string of the molecule is CCC(C)(OCCC(C)(C)OCCN=[N+]=[N-])C1(F)CCCCCCCC1. The third kappa shape index (κ3) is 7.42. The van der Waals surface area contributed by atoms with E-state index >= 15 is 4.39 Å². The zero-order valence-corrected chi connectivity index (χ0v) is 17.2. The van der Waals surface area contributed by atoms with Crippen LogP contribution in [-0.4, -0.2) is 36.6 Å². The molecule has 0 aromatic rings. The Labute approximate surface area is 158 Å². The van der Waals surface area contributed by atoms with Crippen molar-refractivity contribution in [2.24, 2.45) is 5.11 Å². The van der Waals surface area contributed by atoms with Crippen LogP contribution in [0.15, 0.2) is 5.11 Å². The second-order valence-corrected chi connectivity index (χ2v) is 8.33. The van der Waals surface area contributed by atoms with Gasteiger partial charge in [-0.05, 0) is 52.0 Å². The van der Waals surface area contributed by atoms with Crippen molar-refractivity contribution in [1.29, 1.82) is 0 Å². The van der Waals surface area contributed by atoms with E-state index in [9.17, 15) is 0 Å². The molecule has 0 bridgehead atoms. The fourth-order valence-corrected chi connectivity index (χ4v) is 3.72. The summed E-state index contributed by atoms with van der Waals surface area (Å²) in [4.78, 5) is 2.72. The highest BCUT2D eigenvalue weighted by molar-refractivity contribution is 4.98. The molecule has 5 nitrogen and oxygen atoms in total. The predicted octanol–water partition coefficient (Wildman–Crippen LogP) is 6.51. The van der Waals surface area contributed by atoms with E-state index < -0.39 is 11.3 Å². The summed E-state index contributed by atoms with van der Waals surface area (Å²) in [5.41, 5.74) is 5.91. The lowest BCUT2D eigenvalue weighted by Gasteiger charge is -2.43. The Balaban J connectivity index is 2.60. The predicted molar refractivity (Wildman–Crippen MR) is 104 cm³/mol. The molecule has 1 fully saturated rings. The molecule has 1 aliphatic rings. The van der Waals surface area contributed by atoms with Gasteiger partial charge in [-0.2, -0.15) is 0 Å². The Hall–Kier alpha value is -0.840. The quantitative estimate of drug-likeness (QED) is 0.190. The van der Waals surface area contributed by atoms with Crippen LogP contribution in [0.4, 0.5) is 4.39 Å². The fraction of sp³-hybridized carbons (Fsp3) is 1.00. The Morgan fingerprint density at radius 1 is 1.00 bits per heavy atom. The molecule has 1 aliphatic carbocycles. The monoisotopic (exact) mass is 371 g/mol. The summed E-state index contributed by atoms with van der Waals surface area (Å²) in [6.07, 6.45) is 9.13. The number of alkyl halides is 1. The number of halogens is 1. The van der Waals surface area contributed by atoms with E-state index in [0.29, 0.717) is 45.4 Å². The molecule has 0 aliphatic heterocycles. The standard InChI is InChI=1S/C20H38FN3O2/c1-5-19(4,20(21)12-10-8-6-7-9-11-13-20)26-16-14-18(2,3)25-17-15-23-24-22/h5-17H2,1-4H3. The highest BCUT2D eigenvalue weighted by Crippen LogP contribution is 2.42. The maximum absolute atomic E-state index is 15.9. The minimum absolute atomic E-state index is 0.320. The Bertz CT molecular complexity index is 442. The molecule has 0 heterocycles. The van der Waals surface area contributed by atoms with Crippen molar-refractivity contribution in [3.05, 3.63) is 10.4 Å². The van der Waals surface area contributed by atoms with Crippen molar-refractivity contribution in [2.45, 2.75) is 109 Å². The van der Waals surface area contributed by atoms with Gasteiger partial charge >= 0.3 is 0 Å². The van der Waals surface area contributed by atoms with E-state index in [-0.39, 0.29) is 5.60 Å². The van der Waals surface area contributed by atoms with Crippen molar-refractivity contribution in [3.63, 3.8) is 0 Å². The fourth-order valence-electron chi connectivity index (χ4n) is 3.72. The molecule has 26 heavy (non-hydrogen) atoms. The van der Waals surface area contributed by atoms with Crippen LogP contribution in [0.3, 0.4) is 0 Å². The first kappa shape index (κ1) is 23.2. The summed E-state index contributed by atoms with van der Waals surface area (Å²) >= 11 is 0. The summed E-state index contributed by atoms with van der Waals surface area (Å²) in [5.74, 6) is 0. The van der Waals surface area contributed by atoms with Gasteiger partial charge in [-0.1, -0.05) is 50.6 Å². The second-order valence-electron chi connectivity index (χ2n) is 8.33. The average Bonchev–Trinajstić information content (AvgIpc) is 2.71. The first-order valence-corrected chi connectivity index (χ1v) is 10.3. The van der Waals surface area contributed by atoms with Crippen LogP contribution in [0.2, 0.25) is 0 Å². The maximum Gasteiger partial charge on any atom is 0.139 e. The molecule has 6 heteroatoms. The molecule has 152 valence electrons. The average molecular weight is 372 g/mol. The minimum atomic E-state index is -1.25. The zero-order valence-electron chi connectivity index (χ0n) is 17.2. The smallest absolute Gasteiger partial charge is 0.139 e. The lowest BCUT2D eigenvalue weighted by molar-refractivity contribution is -0.157. The van der Waals surface area contributed by atoms with Crippen LogP contribution in [0.1, 0.15) is 91.9 Å². The van der Waals surface area contributed by atoms with Gasteiger partial charge in [-0.25, -0.2) is 4.39 Å². The highest BCUT2D eigenvalue weighted by Gasteiger charge is 2.48. The first-order chi connectivity index (χ1) is 12.3. The highest BCUT2D eigenvalue weighted by atomic mass is 19.1. The molecule has 0 radical (unpaired) electrons. The van der Waals surface area contributed by atoms with E-state index in [2.05, 4.69) is 10.0 Å². The van der Waals surface area contributed by atoms with Gasteiger partial charge in [0.25, 0.3) is 0 Å². The van der Waals surface area contributed by atoms with Crippen LogP contribution in [0, 0.1) is 0 Å². The van der Waals surface area contributed by atoms with Gasteiger partial charge in [0.2, 0.25) is 0 Å². The van der Waals surface area contributed by atoms with Gasteiger partial charge in [0, 0.05) is 11.5 Å². The van der Waals surface area contributed by atoms with Crippen LogP contribution in [0.25, 0.3) is 10.4 Å².